The molecule has 1 saturated carbocycles. The standard InChI is InChI=1S/C22H26N2O3S/c25-22-14-17(16-24(22)20-8-4-5-9-20)15-23-28(26,27)21-12-10-19(11-13-21)18-6-2-1-3-7-18/h1-3,6-7,10-13,17,20,23H,4-5,8-9,14-16H2/t17-/m1/s1. The van der Waals surface area contributed by atoms with Gasteiger partial charge in [0.2, 0.25) is 15.9 Å². The van der Waals surface area contributed by atoms with E-state index in [1.165, 1.54) is 12.8 Å². The molecule has 2 aliphatic rings. The molecule has 0 aromatic heterocycles. The molecule has 2 fully saturated rings. The highest BCUT2D eigenvalue weighted by atomic mass is 32.2. The first-order valence-electron chi connectivity index (χ1n) is 9.97. The molecule has 1 N–H and O–H groups in total. The van der Waals surface area contributed by atoms with Crippen LogP contribution in [0.15, 0.2) is 59.5 Å². The van der Waals surface area contributed by atoms with Gasteiger partial charge in [0, 0.05) is 25.6 Å². The first kappa shape index (κ1) is 19.2. The molecule has 2 aromatic rings. The summed E-state index contributed by atoms with van der Waals surface area (Å²) in [7, 11) is -3.58. The van der Waals surface area contributed by atoms with E-state index >= 15 is 0 Å². The Balaban J connectivity index is 1.37. The van der Waals surface area contributed by atoms with Crippen LogP contribution in [0.5, 0.6) is 0 Å². The number of hydrogen-bond acceptors (Lipinski definition) is 3. The molecule has 1 aliphatic carbocycles. The van der Waals surface area contributed by atoms with Crippen molar-refractivity contribution in [3.63, 3.8) is 0 Å². The second-order valence-electron chi connectivity index (χ2n) is 7.80. The Morgan fingerprint density at radius 2 is 1.57 bits per heavy atom. The summed E-state index contributed by atoms with van der Waals surface area (Å²) in [4.78, 5) is 14.5. The molecule has 28 heavy (non-hydrogen) atoms. The number of amides is 1. The van der Waals surface area contributed by atoms with Crippen molar-refractivity contribution in [2.45, 2.75) is 43.0 Å². The van der Waals surface area contributed by atoms with E-state index in [1.54, 1.807) is 12.1 Å². The average Bonchev–Trinajstić information content (AvgIpc) is 3.37. The van der Waals surface area contributed by atoms with E-state index in [4.69, 9.17) is 0 Å². The molecule has 4 rings (SSSR count). The van der Waals surface area contributed by atoms with Gasteiger partial charge in [0.25, 0.3) is 0 Å². The van der Waals surface area contributed by atoms with Gasteiger partial charge in [-0.3, -0.25) is 4.79 Å². The van der Waals surface area contributed by atoms with Crippen LogP contribution >= 0.6 is 0 Å². The third kappa shape index (κ3) is 4.13. The summed E-state index contributed by atoms with van der Waals surface area (Å²) < 4.78 is 28.0. The number of nitrogens with zero attached hydrogens (tertiary/aromatic N) is 1. The number of nitrogens with one attached hydrogen (secondary N) is 1. The van der Waals surface area contributed by atoms with Gasteiger partial charge in [-0.2, -0.15) is 0 Å². The Kier molecular flexibility index (Phi) is 5.51. The molecule has 1 saturated heterocycles. The van der Waals surface area contributed by atoms with Crippen molar-refractivity contribution in [2.24, 2.45) is 5.92 Å². The Hall–Kier alpha value is -2.18. The van der Waals surface area contributed by atoms with Crippen LogP contribution in [0.1, 0.15) is 32.1 Å². The SMILES string of the molecule is O=C1C[C@H](CNS(=O)(=O)c2ccc(-c3ccccc3)cc2)CN1C1CCCC1. The van der Waals surface area contributed by atoms with Crippen LogP contribution in [0.25, 0.3) is 11.1 Å². The van der Waals surface area contributed by atoms with Gasteiger partial charge in [-0.05, 0) is 42.0 Å². The summed E-state index contributed by atoms with van der Waals surface area (Å²) in [6.07, 6.45) is 4.97. The molecule has 1 heterocycles. The van der Waals surface area contributed by atoms with Gasteiger partial charge in [-0.15, -0.1) is 0 Å². The summed E-state index contributed by atoms with van der Waals surface area (Å²) in [6.45, 7) is 0.969. The fourth-order valence-electron chi connectivity index (χ4n) is 4.28. The molecule has 0 spiro atoms. The molecule has 2 aromatic carbocycles. The highest BCUT2D eigenvalue weighted by Gasteiger charge is 2.35. The highest BCUT2D eigenvalue weighted by Crippen LogP contribution is 2.29. The summed E-state index contributed by atoms with van der Waals surface area (Å²) in [5.41, 5.74) is 2.03. The predicted molar refractivity (Wildman–Crippen MR) is 109 cm³/mol. The predicted octanol–water partition coefficient (Wildman–Crippen LogP) is 3.42. The molecule has 6 heteroatoms. The van der Waals surface area contributed by atoms with Gasteiger partial charge in [0.15, 0.2) is 0 Å². The maximum atomic E-state index is 12.6. The maximum Gasteiger partial charge on any atom is 0.240 e. The summed E-state index contributed by atoms with van der Waals surface area (Å²) in [6, 6.07) is 17.1. The van der Waals surface area contributed by atoms with E-state index < -0.39 is 10.0 Å². The van der Waals surface area contributed by atoms with Crippen molar-refractivity contribution in [2.75, 3.05) is 13.1 Å². The molecular formula is C22H26N2O3S. The summed E-state index contributed by atoms with van der Waals surface area (Å²) >= 11 is 0. The van der Waals surface area contributed by atoms with Gasteiger partial charge in [-0.25, -0.2) is 13.1 Å². The summed E-state index contributed by atoms with van der Waals surface area (Å²) in [5, 5.41) is 0. The van der Waals surface area contributed by atoms with Gasteiger partial charge in [0.1, 0.15) is 0 Å². The van der Waals surface area contributed by atoms with E-state index in [0.29, 0.717) is 25.6 Å². The zero-order chi connectivity index (χ0) is 19.6. The molecule has 5 nitrogen and oxygen atoms in total. The smallest absolute Gasteiger partial charge is 0.240 e. The lowest BCUT2D eigenvalue weighted by Crippen LogP contribution is -2.36. The largest absolute Gasteiger partial charge is 0.339 e. The number of benzene rings is 2. The van der Waals surface area contributed by atoms with E-state index in [2.05, 4.69) is 4.72 Å². The van der Waals surface area contributed by atoms with Gasteiger partial charge >= 0.3 is 0 Å². The second kappa shape index (κ2) is 8.05. The second-order valence-corrected chi connectivity index (χ2v) is 9.56. The van der Waals surface area contributed by atoms with Crippen molar-refractivity contribution in [1.29, 1.82) is 0 Å². The molecule has 1 atom stereocenters. The average molecular weight is 399 g/mol. The Morgan fingerprint density at radius 1 is 0.929 bits per heavy atom. The molecule has 1 aliphatic heterocycles. The normalized spacial score (nSPS) is 20.8. The summed E-state index contributed by atoms with van der Waals surface area (Å²) in [5.74, 6) is 0.217. The van der Waals surface area contributed by atoms with Gasteiger partial charge < -0.3 is 4.90 Å². The Morgan fingerprint density at radius 3 is 2.25 bits per heavy atom. The fourth-order valence-corrected chi connectivity index (χ4v) is 5.40. The quantitative estimate of drug-likeness (QED) is 0.811. The number of likely N-dealkylation sites (tertiary alicyclic amines) is 1. The van der Waals surface area contributed by atoms with Gasteiger partial charge in [-0.1, -0.05) is 55.3 Å². The van der Waals surface area contributed by atoms with Crippen LogP contribution in [0.2, 0.25) is 0 Å². The maximum absolute atomic E-state index is 12.6. The zero-order valence-corrected chi connectivity index (χ0v) is 16.7. The monoisotopic (exact) mass is 398 g/mol. The minimum atomic E-state index is -3.58. The first-order valence-corrected chi connectivity index (χ1v) is 11.5. The van der Waals surface area contributed by atoms with E-state index in [0.717, 1.165) is 24.0 Å². The van der Waals surface area contributed by atoms with E-state index in [-0.39, 0.29) is 16.7 Å². The lowest BCUT2D eigenvalue weighted by atomic mass is 10.1. The highest BCUT2D eigenvalue weighted by molar-refractivity contribution is 7.89. The van der Waals surface area contributed by atoms with Crippen molar-refractivity contribution < 1.29 is 13.2 Å². The van der Waals surface area contributed by atoms with E-state index in [1.807, 2.05) is 47.4 Å². The van der Waals surface area contributed by atoms with Crippen LogP contribution in [-0.2, 0) is 14.8 Å². The Bertz CT molecular complexity index is 920. The minimum absolute atomic E-state index is 0.0477. The lowest BCUT2D eigenvalue weighted by molar-refractivity contribution is -0.129. The van der Waals surface area contributed by atoms with Crippen LogP contribution in [0.4, 0.5) is 0 Å². The molecule has 148 valence electrons. The van der Waals surface area contributed by atoms with E-state index in [9.17, 15) is 13.2 Å². The number of carbonyl (C=O) groups excluding carboxylic acids is 1. The number of rotatable bonds is 6. The minimum Gasteiger partial charge on any atom is -0.339 e. The van der Waals surface area contributed by atoms with Crippen molar-refractivity contribution in [3.05, 3.63) is 54.6 Å². The van der Waals surface area contributed by atoms with Crippen LogP contribution in [-0.4, -0.2) is 38.4 Å². The number of hydrogen-bond donors (Lipinski definition) is 1. The van der Waals surface area contributed by atoms with Crippen LogP contribution < -0.4 is 4.72 Å². The van der Waals surface area contributed by atoms with Crippen molar-refractivity contribution in [1.82, 2.24) is 9.62 Å². The third-order valence-corrected chi connectivity index (χ3v) is 7.28. The molecule has 0 unspecified atom stereocenters. The van der Waals surface area contributed by atoms with Crippen LogP contribution in [0.3, 0.4) is 0 Å². The van der Waals surface area contributed by atoms with Gasteiger partial charge in [0.05, 0.1) is 4.90 Å². The Labute approximate surface area is 166 Å². The molecule has 0 bridgehead atoms. The van der Waals surface area contributed by atoms with Crippen LogP contribution in [0, 0.1) is 5.92 Å². The molecule has 0 radical (unpaired) electrons. The zero-order valence-electron chi connectivity index (χ0n) is 15.9. The lowest BCUT2D eigenvalue weighted by Gasteiger charge is -2.24. The topological polar surface area (TPSA) is 66.5 Å². The molecule has 1 amide bonds. The van der Waals surface area contributed by atoms with Crippen molar-refractivity contribution in [3.8, 4) is 11.1 Å². The number of sulfonamides is 1. The molecular weight excluding hydrogens is 372 g/mol. The first-order chi connectivity index (χ1) is 13.5. The fraction of sp³-hybridized carbons (Fsp3) is 0.409. The van der Waals surface area contributed by atoms with Crippen molar-refractivity contribution >= 4 is 15.9 Å². The number of carbonyl (C=O) groups is 1. The third-order valence-electron chi connectivity index (χ3n) is 5.84.